The van der Waals surface area contributed by atoms with E-state index in [-0.39, 0.29) is 0 Å². The van der Waals surface area contributed by atoms with Gasteiger partial charge in [-0.05, 0) is 30.2 Å². The second-order valence-electron chi connectivity index (χ2n) is 4.52. The SMILES string of the molecule is Cc1cnn(-c2cc(CNC(C)C)ccn2)c1. The zero-order valence-corrected chi connectivity index (χ0v) is 10.5. The van der Waals surface area contributed by atoms with E-state index in [0.717, 1.165) is 17.9 Å². The number of hydrogen-bond donors (Lipinski definition) is 1. The predicted molar refractivity (Wildman–Crippen MR) is 68.1 cm³/mol. The Morgan fingerprint density at radius 1 is 1.41 bits per heavy atom. The van der Waals surface area contributed by atoms with Gasteiger partial charge >= 0.3 is 0 Å². The molecule has 0 atom stereocenters. The average molecular weight is 230 g/mol. The normalized spacial score (nSPS) is 11.1. The van der Waals surface area contributed by atoms with Crippen LogP contribution in [0.3, 0.4) is 0 Å². The van der Waals surface area contributed by atoms with E-state index >= 15 is 0 Å². The molecule has 0 saturated heterocycles. The van der Waals surface area contributed by atoms with Crippen LogP contribution in [0, 0.1) is 6.92 Å². The van der Waals surface area contributed by atoms with Gasteiger partial charge in [-0.3, -0.25) is 0 Å². The maximum atomic E-state index is 4.32. The van der Waals surface area contributed by atoms with Gasteiger partial charge in [-0.25, -0.2) is 9.67 Å². The van der Waals surface area contributed by atoms with E-state index in [1.165, 1.54) is 5.56 Å². The molecule has 17 heavy (non-hydrogen) atoms. The second kappa shape index (κ2) is 5.10. The van der Waals surface area contributed by atoms with E-state index in [2.05, 4.69) is 35.3 Å². The molecule has 4 nitrogen and oxygen atoms in total. The van der Waals surface area contributed by atoms with Gasteiger partial charge < -0.3 is 5.32 Å². The highest BCUT2D eigenvalue weighted by Crippen LogP contribution is 2.07. The van der Waals surface area contributed by atoms with Crippen LogP contribution in [0.25, 0.3) is 5.82 Å². The van der Waals surface area contributed by atoms with Crippen molar-refractivity contribution in [1.82, 2.24) is 20.1 Å². The predicted octanol–water partition coefficient (Wildman–Crippen LogP) is 2.07. The van der Waals surface area contributed by atoms with Gasteiger partial charge in [-0.1, -0.05) is 13.8 Å². The van der Waals surface area contributed by atoms with Crippen LogP contribution in [0.4, 0.5) is 0 Å². The van der Waals surface area contributed by atoms with Crippen molar-refractivity contribution in [2.24, 2.45) is 0 Å². The number of aromatic nitrogens is 3. The van der Waals surface area contributed by atoms with E-state index in [4.69, 9.17) is 0 Å². The summed E-state index contributed by atoms with van der Waals surface area (Å²) in [6, 6.07) is 4.57. The quantitative estimate of drug-likeness (QED) is 0.874. The zero-order chi connectivity index (χ0) is 12.3. The molecule has 0 radical (unpaired) electrons. The largest absolute Gasteiger partial charge is 0.310 e. The fourth-order valence-corrected chi connectivity index (χ4v) is 1.56. The first kappa shape index (κ1) is 11.8. The van der Waals surface area contributed by atoms with Crippen LogP contribution in [0.1, 0.15) is 25.0 Å². The molecule has 0 aliphatic rings. The summed E-state index contributed by atoms with van der Waals surface area (Å²) in [6.07, 6.45) is 5.63. The summed E-state index contributed by atoms with van der Waals surface area (Å²) in [5.74, 6) is 0.862. The van der Waals surface area contributed by atoms with Crippen molar-refractivity contribution < 1.29 is 0 Å². The molecule has 0 amide bonds. The van der Waals surface area contributed by atoms with E-state index in [1.807, 2.05) is 31.6 Å². The number of aryl methyl sites for hydroxylation is 1. The van der Waals surface area contributed by atoms with E-state index in [1.54, 1.807) is 4.68 Å². The molecule has 1 N–H and O–H groups in total. The fourth-order valence-electron chi connectivity index (χ4n) is 1.56. The molecule has 0 aliphatic carbocycles. The minimum atomic E-state index is 0.485. The van der Waals surface area contributed by atoms with Gasteiger partial charge in [0.05, 0.1) is 6.20 Å². The average Bonchev–Trinajstić information content (AvgIpc) is 2.74. The van der Waals surface area contributed by atoms with Crippen molar-refractivity contribution in [1.29, 1.82) is 0 Å². The molecular formula is C13H18N4. The number of nitrogens with one attached hydrogen (secondary N) is 1. The molecule has 2 aromatic heterocycles. The highest BCUT2D eigenvalue weighted by molar-refractivity contribution is 5.27. The number of nitrogens with zero attached hydrogens (tertiary/aromatic N) is 3. The molecule has 0 saturated carbocycles. The Bertz CT molecular complexity index is 488. The van der Waals surface area contributed by atoms with Crippen LogP contribution in [0.2, 0.25) is 0 Å². The third-order valence-electron chi connectivity index (χ3n) is 2.47. The van der Waals surface area contributed by atoms with Crippen molar-refractivity contribution in [3.05, 3.63) is 41.9 Å². The molecule has 0 aromatic carbocycles. The zero-order valence-electron chi connectivity index (χ0n) is 10.5. The lowest BCUT2D eigenvalue weighted by atomic mass is 10.2. The Balaban J connectivity index is 2.16. The van der Waals surface area contributed by atoms with E-state index in [0.29, 0.717) is 6.04 Å². The van der Waals surface area contributed by atoms with Crippen LogP contribution in [0.5, 0.6) is 0 Å². The van der Waals surface area contributed by atoms with Crippen molar-refractivity contribution in [3.63, 3.8) is 0 Å². The lowest BCUT2D eigenvalue weighted by Gasteiger charge is -2.08. The number of hydrogen-bond acceptors (Lipinski definition) is 3. The van der Waals surface area contributed by atoms with Crippen molar-refractivity contribution in [3.8, 4) is 5.82 Å². The molecule has 4 heteroatoms. The maximum absolute atomic E-state index is 4.32. The maximum Gasteiger partial charge on any atom is 0.153 e. The Labute approximate surface area is 102 Å². The molecule has 2 rings (SSSR count). The summed E-state index contributed by atoms with van der Waals surface area (Å²) in [5, 5.41) is 7.64. The lowest BCUT2D eigenvalue weighted by Crippen LogP contribution is -2.21. The smallest absolute Gasteiger partial charge is 0.153 e. The Morgan fingerprint density at radius 3 is 2.88 bits per heavy atom. The first-order valence-corrected chi connectivity index (χ1v) is 5.85. The third kappa shape index (κ3) is 3.14. The summed E-state index contributed by atoms with van der Waals surface area (Å²) in [6.45, 7) is 7.15. The van der Waals surface area contributed by atoms with Gasteiger partial charge in [0.1, 0.15) is 0 Å². The van der Waals surface area contributed by atoms with E-state index < -0.39 is 0 Å². The number of rotatable bonds is 4. The molecule has 0 aliphatic heterocycles. The third-order valence-corrected chi connectivity index (χ3v) is 2.47. The molecule has 0 spiro atoms. The lowest BCUT2D eigenvalue weighted by molar-refractivity contribution is 0.588. The minimum Gasteiger partial charge on any atom is -0.310 e. The highest BCUT2D eigenvalue weighted by Gasteiger charge is 2.01. The van der Waals surface area contributed by atoms with Crippen LogP contribution < -0.4 is 5.32 Å². The highest BCUT2D eigenvalue weighted by atomic mass is 15.3. The molecular weight excluding hydrogens is 212 g/mol. The van der Waals surface area contributed by atoms with Crippen LogP contribution in [0.15, 0.2) is 30.7 Å². The van der Waals surface area contributed by atoms with Gasteiger partial charge in [0, 0.05) is 25.0 Å². The van der Waals surface area contributed by atoms with Gasteiger partial charge in [0.2, 0.25) is 0 Å². The Hall–Kier alpha value is -1.68. The molecule has 0 unspecified atom stereocenters. The topological polar surface area (TPSA) is 42.7 Å². The van der Waals surface area contributed by atoms with Crippen LogP contribution in [-0.4, -0.2) is 20.8 Å². The Kier molecular flexibility index (Phi) is 3.54. The van der Waals surface area contributed by atoms with Gasteiger partial charge in [-0.2, -0.15) is 5.10 Å². The first-order chi connectivity index (χ1) is 8.15. The van der Waals surface area contributed by atoms with Crippen molar-refractivity contribution in [2.45, 2.75) is 33.4 Å². The minimum absolute atomic E-state index is 0.485. The molecule has 0 bridgehead atoms. The van der Waals surface area contributed by atoms with Crippen LogP contribution >= 0.6 is 0 Å². The van der Waals surface area contributed by atoms with Crippen molar-refractivity contribution >= 4 is 0 Å². The summed E-state index contributed by atoms with van der Waals surface area (Å²) < 4.78 is 1.80. The molecule has 2 heterocycles. The first-order valence-electron chi connectivity index (χ1n) is 5.85. The van der Waals surface area contributed by atoms with Gasteiger partial charge in [0.15, 0.2) is 5.82 Å². The summed E-state index contributed by atoms with van der Waals surface area (Å²) in [4.78, 5) is 4.32. The fraction of sp³-hybridized carbons (Fsp3) is 0.385. The second-order valence-corrected chi connectivity index (χ2v) is 4.52. The summed E-state index contributed by atoms with van der Waals surface area (Å²) >= 11 is 0. The molecule has 0 fully saturated rings. The molecule has 90 valence electrons. The monoisotopic (exact) mass is 230 g/mol. The van der Waals surface area contributed by atoms with Crippen molar-refractivity contribution in [2.75, 3.05) is 0 Å². The van der Waals surface area contributed by atoms with E-state index in [9.17, 15) is 0 Å². The molecule has 2 aromatic rings. The van der Waals surface area contributed by atoms with Crippen LogP contribution in [-0.2, 0) is 6.54 Å². The summed E-state index contributed by atoms with van der Waals surface area (Å²) in [5.41, 5.74) is 2.36. The van der Waals surface area contributed by atoms with Gasteiger partial charge in [0.25, 0.3) is 0 Å². The number of pyridine rings is 1. The summed E-state index contributed by atoms with van der Waals surface area (Å²) in [7, 11) is 0. The standard InChI is InChI=1S/C13H18N4/c1-10(2)15-8-12-4-5-14-13(6-12)17-9-11(3)7-16-17/h4-7,9-10,15H,8H2,1-3H3. The van der Waals surface area contributed by atoms with Gasteiger partial charge in [-0.15, -0.1) is 0 Å². The Morgan fingerprint density at radius 2 is 2.24 bits per heavy atom.